The number of fused-ring (bicyclic) bond motifs is 1. The number of aromatic nitrogens is 4. The zero-order valence-corrected chi connectivity index (χ0v) is 15.0. The molecule has 1 fully saturated rings. The molecular formula is C17H23N5O4. The predicted octanol–water partition coefficient (Wildman–Crippen LogP) is -0.298. The number of aromatic amines is 1. The summed E-state index contributed by atoms with van der Waals surface area (Å²) < 4.78 is 2.11. The Morgan fingerprint density at radius 2 is 1.85 bits per heavy atom. The summed E-state index contributed by atoms with van der Waals surface area (Å²) in [7, 11) is 2.81. The Hall–Kier alpha value is -2.71. The summed E-state index contributed by atoms with van der Waals surface area (Å²) in [6.07, 6.45) is 5.70. The minimum atomic E-state index is -0.577. The fourth-order valence-electron chi connectivity index (χ4n) is 3.38. The quantitative estimate of drug-likeness (QED) is 0.775. The Kier molecular flexibility index (Phi) is 5.06. The normalized spacial score (nSPS) is 15.3. The molecule has 0 unspecified atom stereocenters. The zero-order valence-electron chi connectivity index (χ0n) is 15.0. The first-order valence-electron chi connectivity index (χ1n) is 8.86. The number of carbonyl (C=O) groups excluding carboxylic acids is 1. The third kappa shape index (κ3) is 3.47. The molecule has 2 aromatic heterocycles. The van der Waals surface area contributed by atoms with E-state index in [1.54, 1.807) is 0 Å². The van der Waals surface area contributed by atoms with E-state index in [1.807, 2.05) is 0 Å². The summed E-state index contributed by atoms with van der Waals surface area (Å²) in [4.78, 5) is 55.2. The lowest BCUT2D eigenvalue weighted by molar-refractivity contribution is -0.122. The molecule has 1 aliphatic carbocycles. The molecule has 0 atom stereocenters. The Morgan fingerprint density at radius 3 is 2.54 bits per heavy atom. The molecule has 2 aromatic rings. The van der Waals surface area contributed by atoms with Crippen LogP contribution < -0.4 is 22.1 Å². The summed E-state index contributed by atoms with van der Waals surface area (Å²) in [6, 6.07) is 0.209. The van der Waals surface area contributed by atoms with Gasteiger partial charge in [0.05, 0.1) is 0 Å². The van der Waals surface area contributed by atoms with Crippen LogP contribution in [0.15, 0.2) is 14.4 Å². The van der Waals surface area contributed by atoms with E-state index in [-0.39, 0.29) is 41.6 Å². The average Bonchev–Trinajstić information content (AvgIpc) is 2.64. The van der Waals surface area contributed by atoms with Crippen LogP contribution in [0, 0.1) is 0 Å². The van der Waals surface area contributed by atoms with Crippen LogP contribution in [0.5, 0.6) is 0 Å². The van der Waals surface area contributed by atoms with Crippen LogP contribution in [-0.2, 0) is 25.3 Å². The molecule has 0 spiro atoms. The molecule has 0 bridgehead atoms. The second-order valence-corrected chi connectivity index (χ2v) is 6.82. The van der Waals surface area contributed by atoms with E-state index >= 15 is 0 Å². The van der Waals surface area contributed by atoms with E-state index in [1.165, 1.54) is 25.1 Å². The molecule has 26 heavy (non-hydrogen) atoms. The standard InChI is InChI=1S/C17H23N5O4/c1-21-14-13(16(25)22(2)17(21)26)19-11(15(24)20-14)8-9-12(23)18-10-6-4-3-5-7-10/h10H,3-9H2,1-2H3,(H,18,23)(H,20,24). The van der Waals surface area contributed by atoms with E-state index < -0.39 is 16.8 Å². The Balaban J connectivity index is 1.81. The summed E-state index contributed by atoms with van der Waals surface area (Å²) in [5, 5.41) is 2.99. The number of amides is 1. The topological polar surface area (TPSA) is 119 Å². The molecule has 140 valence electrons. The Labute approximate surface area is 149 Å². The van der Waals surface area contributed by atoms with Crippen molar-refractivity contribution in [2.45, 2.75) is 51.0 Å². The molecule has 2 heterocycles. The monoisotopic (exact) mass is 361 g/mol. The van der Waals surface area contributed by atoms with Crippen LogP contribution in [-0.4, -0.2) is 31.1 Å². The molecule has 0 aliphatic heterocycles. The first kappa shape index (κ1) is 18.1. The fraction of sp³-hybridized carbons (Fsp3) is 0.588. The van der Waals surface area contributed by atoms with Gasteiger partial charge in [0.1, 0.15) is 11.3 Å². The predicted molar refractivity (Wildman–Crippen MR) is 96.2 cm³/mol. The van der Waals surface area contributed by atoms with Gasteiger partial charge in [0.25, 0.3) is 11.1 Å². The molecular weight excluding hydrogens is 338 g/mol. The fourth-order valence-corrected chi connectivity index (χ4v) is 3.38. The van der Waals surface area contributed by atoms with Gasteiger partial charge in [-0.25, -0.2) is 9.78 Å². The SMILES string of the molecule is Cn1c(=O)c2nc(CCC(=O)NC3CCCCC3)c(=O)[nH]c2n(C)c1=O. The van der Waals surface area contributed by atoms with Crippen molar-refractivity contribution >= 4 is 17.1 Å². The van der Waals surface area contributed by atoms with Gasteiger partial charge in [-0.3, -0.25) is 23.5 Å². The van der Waals surface area contributed by atoms with Crippen molar-refractivity contribution in [3.63, 3.8) is 0 Å². The minimum Gasteiger partial charge on any atom is -0.353 e. The van der Waals surface area contributed by atoms with Crippen molar-refractivity contribution in [2.75, 3.05) is 0 Å². The Bertz CT molecular complexity index is 1010. The van der Waals surface area contributed by atoms with Crippen LogP contribution in [0.3, 0.4) is 0 Å². The van der Waals surface area contributed by atoms with Crippen molar-refractivity contribution in [2.24, 2.45) is 14.1 Å². The first-order chi connectivity index (χ1) is 12.4. The van der Waals surface area contributed by atoms with Crippen molar-refractivity contribution in [1.82, 2.24) is 24.4 Å². The lowest BCUT2D eigenvalue weighted by Gasteiger charge is -2.22. The van der Waals surface area contributed by atoms with Crippen molar-refractivity contribution < 1.29 is 4.79 Å². The minimum absolute atomic E-state index is 0.0110. The van der Waals surface area contributed by atoms with E-state index in [0.29, 0.717) is 0 Å². The number of aryl methyl sites for hydroxylation is 2. The van der Waals surface area contributed by atoms with E-state index in [2.05, 4.69) is 15.3 Å². The number of nitrogens with one attached hydrogen (secondary N) is 2. The lowest BCUT2D eigenvalue weighted by atomic mass is 9.95. The van der Waals surface area contributed by atoms with Crippen LogP contribution >= 0.6 is 0 Å². The molecule has 1 amide bonds. The maximum atomic E-state index is 12.3. The highest BCUT2D eigenvalue weighted by atomic mass is 16.2. The maximum absolute atomic E-state index is 12.3. The van der Waals surface area contributed by atoms with Gasteiger partial charge < -0.3 is 10.3 Å². The molecule has 9 heteroatoms. The van der Waals surface area contributed by atoms with Gasteiger partial charge in [-0.05, 0) is 12.8 Å². The van der Waals surface area contributed by atoms with Crippen LogP contribution in [0.1, 0.15) is 44.2 Å². The highest BCUT2D eigenvalue weighted by Crippen LogP contribution is 2.17. The van der Waals surface area contributed by atoms with Crippen molar-refractivity contribution in [3.8, 4) is 0 Å². The third-order valence-electron chi connectivity index (χ3n) is 4.94. The van der Waals surface area contributed by atoms with E-state index in [4.69, 9.17) is 0 Å². The average molecular weight is 361 g/mol. The number of nitrogens with zero attached hydrogens (tertiary/aromatic N) is 3. The number of carbonyl (C=O) groups is 1. The van der Waals surface area contributed by atoms with Gasteiger partial charge in [0, 0.05) is 33.0 Å². The van der Waals surface area contributed by atoms with Gasteiger partial charge in [-0.15, -0.1) is 0 Å². The number of hydrogen-bond acceptors (Lipinski definition) is 5. The smallest absolute Gasteiger partial charge is 0.332 e. The number of rotatable bonds is 4. The molecule has 0 saturated heterocycles. The van der Waals surface area contributed by atoms with Gasteiger partial charge in [0.2, 0.25) is 5.91 Å². The number of hydrogen-bond donors (Lipinski definition) is 2. The molecule has 3 rings (SSSR count). The van der Waals surface area contributed by atoms with E-state index in [9.17, 15) is 19.2 Å². The highest BCUT2D eigenvalue weighted by Gasteiger charge is 2.17. The molecule has 0 radical (unpaired) electrons. The molecule has 2 N–H and O–H groups in total. The molecule has 1 aliphatic rings. The largest absolute Gasteiger partial charge is 0.353 e. The molecule has 0 aromatic carbocycles. The van der Waals surface area contributed by atoms with Gasteiger partial charge >= 0.3 is 5.69 Å². The van der Waals surface area contributed by atoms with Crippen molar-refractivity contribution in [3.05, 3.63) is 36.9 Å². The van der Waals surface area contributed by atoms with Crippen LogP contribution in [0.2, 0.25) is 0 Å². The highest BCUT2D eigenvalue weighted by molar-refractivity contribution is 5.76. The third-order valence-corrected chi connectivity index (χ3v) is 4.94. The van der Waals surface area contributed by atoms with Gasteiger partial charge in [-0.1, -0.05) is 19.3 Å². The van der Waals surface area contributed by atoms with Gasteiger partial charge in [-0.2, -0.15) is 0 Å². The van der Waals surface area contributed by atoms with Crippen LogP contribution in [0.25, 0.3) is 11.2 Å². The first-order valence-corrected chi connectivity index (χ1v) is 8.86. The summed E-state index contributed by atoms with van der Waals surface area (Å²) in [5.41, 5.74) is -1.40. The lowest BCUT2D eigenvalue weighted by Crippen LogP contribution is -2.39. The summed E-state index contributed by atoms with van der Waals surface area (Å²) in [5.74, 6) is -0.119. The second kappa shape index (κ2) is 7.27. The summed E-state index contributed by atoms with van der Waals surface area (Å²) in [6.45, 7) is 0. The molecule has 1 saturated carbocycles. The van der Waals surface area contributed by atoms with E-state index in [0.717, 1.165) is 30.3 Å². The number of H-pyrrole nitrogens is 1. The van der Waals surface area contributed by atoms with Crippen LogP contribution in [0.4, 0.5) is 0 Å². The van der Waals surface area contributed by atoms with Crippen molar-refractivity contribution in [1.29, 1.82) is 0 Å². The summed E-state index contributed by atoms with van der Waals surface area (Å²) >= 11 is 0. The molecule has 9 nitrogen and oxygen atoms in total. The maximum Gasteiger partial charge on any atom is 0.332 e. The zero-order chi connectivity index (χ0) is 18.8. The van der Waals surface area contributed by atoms with Gasteiger partial charge in [0.15, 0.2) is 5.52 Å². The Morgan fingerprint density at radius 1 is 1.15 bits per heavy atom. The second-order valence-electron chi connectivity index (χ2n) is 6.82.